The van der Waals surface area contributed by atoms with Crippen LogP contribution in [0.1, 0.15) is 41.0 Å². The highest BCUT2D eigenvalue weighted by atomic mass is 16.2. The van der Waals surface area contributed by atoms with E-state index in [-0.39, 0.29) is 5.91 Å². The average Bonchev–Trinajstić information content (AvgIpc) is 3.23. The third-order valence-corrected chi connectivity index (χ3v) is 3.64. The van der Waals surface area contributed by atoms with Gasteiger partial charge in [-0.1, -0.05) is 12.1 Å². The van der Waals surface area contributed by atoms with Gasteiger partial charge in [0.1, 0.15) is 5.69 Å². The molecule has 0 atom stereocenters. The first-order valence-corrected chi connectivity index (χ1v) is 6.92. The van der Waals surface area contributed by atoms with Crippen LogP contribution in [-0.4, -0.2) is 30.0 Å². The lowest BCUT2D eigenvalue weighted by molar-refractivity contribution is 0.0946. The van der Waals surface area contributed by atoms with Crippen molar-refractivity contribution in [3.63, 3.8) is 0 Å². The Morgan fingerprint density at radius 2 is 2.26 bits per heavy atom. The predicted octanol–water partition coefficient (Wildman–Crippen LogP) is 1.66. The number of hydrogen-bond acceptors (Lipinski definition) is 3. The van der Waals surface area contributed by atoms with Crippen LogP contribution >= 0.6 is 0 Å². The first kappa shape index (κ1) is 12.4. The number of nitrogens with one attached hydrogen (secondary N) is 2. The van der Waals surface area contributed by atoms with E-state index in [1.807, 2.05) is 19.1 Å². The van der Waals surface area contributed by atoms with Gasteiger partial charge in [-0.25, -0.2) is 4.98 Å². The molecule has 2 aliphatic rings. The third kappa shape index (κ3) is 2.84. The summed E-state index contributed by atoms with van der Waals surface area (Å²) in [5.74, 6) is -0.0450. The minimum absolute atomic E-state index is 0.0450. The lowest BCUT2D eigenvalue weighted by Crippen LogP contribution is -2.26. The summed E-state index contributed by atoms with van der Waals surface area (Å²) in [5.41, 5.74) is 3.97. The van der Waals surface area contributed by atoms with Gasteiger partial charge < -0.3 is 10.6 Å². The maximum atomic E-state index is 11.9. The first-order valence-electron chi connectivity index (χ1n) is 6.92. The van der Waals surface area contributed by atoms with Crippen molar-refractivity contribution in [3.8, 4) is 0 Å². The summed E-state index contributed by atoms with van der Waals surface area (Å²) in [4.78, 5) is 16.4. The number of nitrogens with zero attached hydrogens (tertiary/aromatic N) is 1. The molecule has 4 heteroatoms. The number of amides is 1. The van der Waals surface area contributed by atoms with Gasteiger partial charge in [-0.15, -0.1) is 0 Å². The summed E-state index contributed by atoms with van der Waals surface area (Å²) < 4.78 is 0. The zero-order valence-electron chi connectivity index (χ0n) is 11.2. The van der Waals surface area contributed by atoms with Crippen LogP contribution in [0.25, 0.3) is 5.57 Å². The Hall–Kier alpha value is -1.68. The summed E-state index contributed by atoms with van der Waals surface area (Å²) in [6, 6.07) is 4.24. The standard InChI is InChI=1S/C15H19N3O/c1-10-13(11-6-8-16-9-7-11)4-5-14(17-10)15(19)18-12-2-3-12/h4-6,12,16H,2-3,7-9H2,1H3,(H,18,19). The molecular formula is C15H19N3O. The van der Waals surface area contributed by atoms with Crippen LogP contribution in [0.3, 0.4) is 0 Å². The molecule has 0 spiro atoms. The molecule has 1 saturated carbocycles. The van der Waals surface area contributed by atoms with Gasteiger partial charge in [-0.3, -0.25) is 4.79 Å². The molecule has 0 unspecified atom stereocenters. The molecular weight excluding hydrogens is 238 g/mol. The second kappa shape index (κ2) is 5.13. The molecule has 100 valence electrons. The largest absolute Gasteiger partial charge is 0.348 e. The fourth-order valence-corrected chi connectivity index (χ4v) is 2.38. The monoisotopic (exact) mass is 257 g/mol. The number of aromatic nitrogens is 1. The predicted molar refractivity (Wildman–Crippen MR) is 74.9 cm³/mol. The molecule has 1 amide bonds. The fraction of sp³-hybridized carbons (Fsp3) is 0.467. The van der Waals surface area contributed by atoms with E-state index in [4.69, 9.17) is 0 Å². The lowest BCUT2D eigenvalue weighted by Gasteiger charge is -2.16. The number of aryl methyl sites for hydroxylation is 1. The Morgan fingerprint density at radius 1 is 1.42 bits per heavy atom. The van der Waals surface area contributed by atoms with Gasteiger partial charge >= 0.3 is 0 Å². The highest BCUT2D eigenvalue weighted by molar-refractivity contribution is 5.93. The zero-order valence-corrected chi connectivity index (χ0v) is 11.2. The van der Waals surface area contributed by atoms with Gasteiger partial charge in [-0.05, 0) is 49.9 Å². The molecule has 1 aromatic heterocycles. The summed E-state index contributed by atoms with van der Waals surface area (Å²) in [5, 5.41) is 6.27. The Morgan fingerprint density at radius 3 is 2.89 bits per heavy atom. The van der Waals surface area contributed by atoms with E-state index in [1.54, 1.807) is 0 Å². The van der Waals surface area contributed by atoms with Crippen LogP contribution in [0.4, 0.5) is 0 Å². The van der Waals surface area contributed by atoms with Gasteiger partial charge in [0.2, 0.25) is 0 Å². The van der Waals surface area contributed by atoms with Gasteiger partial charge in [0.05, 0.1) is 0 Å². The maximum absolute atomic E-state index is 11.9. The highest BCUT2D eigenvalue weighted by Crippen LogP contribution is 2.23. The van der Waals surface area contributed by atoms with Crippen LogP contribution in [0.15, 0.2) is 18.2 Å². The molecule has 4 nitrogen and oxygen atoms in total. The fourth-order valence-electron chi connectivity index (χ4n) is 2.38. The van der Waals surface area contributed by atoms with Gasteiger partial charge in [0.15, 0.2) is 0 Å². The van der Waals surface area contributed by atoms with Crippen molar-refractivity contribution in [2.45, 2.75) is 32.2 Å². The third-order valence-electron chi connectivity index (χ3n) is 3.64. The van der Waals surface area contributed by atoms with E-state index in [9.17, 15) is 4.79 Å². The van der Waals surface area contributed by atoms with Crippen molar-refractivity contribution in [2.24, 2.45) is 0 Å². The van der Waals surface area contributed by atoms with E-state index in [1.165, 1.54) is 11.1 Å². The molecule has 3 rings (SSSR count). The summed E-state index contributed by atoms with van der Waals surface area (Å²) in [6.45, 7) is 3.90. The highest BCUT2D eigenvalue weighted by Gasteiger charge is 2.24. The van der Waals surface area contributed by atoms with E-state index >= 15 is 0 Å². The van der Waals surface area contributed by atoms with Crippen molar-refractivity contribution in [1.29, 1.82) is 0 Å². The summed E-state index contributed by atoms with van der Waals surface area (Å²) >= 11 is 0. The average molecular weight is 257 g/mol. The Balaban J connectivity index is 1.80. The number of pyridine rings is 1. The smallest absolute Gasteiger partial charge is 0.270 e. The van der Waals surface area contributed by atoms with E-state index in [0.717, 1.165) is 38.0 Å². The molecule has 1 aliphatic carbocycles. The molecule has 0 saturated heterocycles. The summed E-state index contributed by atoms with van der Waals surface area (Å²) in [6.07, 6.45) is 5.43. The SMILES string of the molecule is Cc1nc(C(=O)NC2CC2)ccc1C1=CCNCC1. The number of carbonyl (C=O) groups is 1. The molecule has 2 heterocycles. The molecule has 1 fully saturated rings. The van der Waals surface area contributed by atoms with Crippen molar-refractivity contribution in [2.75, 3.05) is 13.1 Å². The molecule has 1 aromatic rings. The van der Waals surface area contributed by atoms with Crippen molar-refractivity contribution >= 4 is 11.5 Å². The lowest BCUT2D eigenvalue weighted by atomic mass is 9.99. The molecule has 0 radical (unpaired) electrons. The number of carbonyl (C=O) groups excluding carboxylic acids is 1. The van der Waals surface area contributed by atoms with Crippen LogP contribution in [-0.2, 0) is 0 Å². The summed E-state index contributed by atoms with van der Waals surface area (Å²) in [7, 11) is 0. The van der Waals surface area contributed by atoms with Gasteiger partial charge in [0.25, 0.3) is 5.91 Å². The molecule has 2 N–H and O–H groups in total. The van der Waals surface area contributed by atoms with Gasteiger partial charge in [-0.2, -0.15) is 0 Å². The minimum atomic E-state index is -0.0450. The van der Waals surface area contributed by atoms with E-state index in [0.29, 0.717) is 11.7 Å². The van der Waals surface area contributed by atoms with Crippen LogP contribution in [0, 0.1) is 6.92 Å². The maximum Gasteiger partial charge on any atom is 0.270 e. The van der Waals surface area contributed by atoms with Gasteiger partial charge in [0, 0.05) is 18.3 Å². The topological polar surface area (TPSA) is 54.0 Å². The van der Waals surface area contributed by atoms with Crippen LogP contribution in [0.2, 0.25) is 0 Å². The minimum Gasteiger partial charge on any atom is -0.348 e. The first-order chi connectivity index (χ1) is 9.24. The zero-order chi connectivity index (χ0) is 13.2. The molecule has 19 heavy (non-hydrogen) atoms. The molecule has 0 bridgehead atoms. The van der Waals surface area contributed by atoms with E-state index < -0.39 is 0 Å². The second-order valence-electron chi connectivity index (χ2n) is 5.26. The quantitative estimate of drug-likeness (QED) is 0.866. The van der Waals surface area contributed by atoms with Crippen molar-refractivity contribution < 1.29 is 4.79 Å². The Labute approximate surface area is 113 Å². The van der Waals surface area contributed by atoms with Crippen LogP contribution in [0.5, 0.6) is 0 Å². The normalized spacial score (nSPS) is 18.9. The van der Waals surface area contributed by atoms with E-state index in [2.05, 4.69) is 21.7 Å². The molecule has 1 aliphatic heterocycles. The Kier molecular flexibility index (Phi) is 3.34. The number of hydrogen-bond donors (Lipinski definition) is 2. The Bertz CT molecular complexity index is 532. The number of rotatable bonds is 3. The van der Waals surface area contributed by atoms with Crippen LogP contribution < -0.4 is 10.6 Å². The second-order valence-corrected chi connectivity index (χ2v) is 5.26. The molecule has 0 aromatic carbocycles. The van der Waals surface area contributed by atoms with Crippen molar-refractivity contribution in [3.05, 3.63) is 35.2 Å². The van der Waals surface area contributed by atoms with Crippen molar-refractivity contribution in [1.82, 2.24) is 15.6 Å².